The molecule has 0 saturated heterocycles. The molecular weight excluding hydrogens is 223 g/mol. The fourth-order valence-electron chi connectivity index (χ4n) is 1.29. The molecule has 96 valence electrons. The first-order valence-electron chi connectivity index (χ1n) is 6.13. The van der Waals surface area contributed by atoms with Crippen LogP contribution in [0.2, 0.25) is 0 Å². The molecule has 0 heterocycles. The Morgan fingerprint density at radius 2 is 2.00 bits per heavy atom. The van der Waals surface area contributed by atoms with Crippen LogP contribution in [-0.2, 0) is 9.09 Å². The minimum atomic E-state index is -3.60. The summed E-state index contributed by atoms with van der Waals surface area (Å²) in [6, 6.07) is 0. The van der Waals surface area contributed by atoms with Crippen molar-refractivity contribution in [1.29, 1.82) is 0 Å². The first kappa shape index (κ1) is 15.9. The molecule has 3 nitrogen and oxygen atoms in total. The maximum Gasteiger partial charge on any atom is 0.354 e. The summed E-state index contributed by atoms with van der Waals surface area (Å²) in [5.41, 5.74) is 0. The molecule has 0 bridgehead atoms. The van der Waals surface area contributed by atoms with Crippen LogP contribution in [0.4, 0.5) is 0 Å². The molecule has 4 heteroatoms. The molecule has 16 heavy (non-hydrogen) atoms. The zero-order valence-corrected chi connectivity index (χ0v) is 11.6. The average molecular weight is 248 g/mol. The molecule has 2 unspecified atom stereocenters. The van der Waals surface area contributed by atoms with Crippen molar-refractivity contribution in [2.24, 2.45) is 0 Å². The summed E-state index contributed by atoms with van der Waals surface area (Å²) in [4.78, 5) is 9.67. The lowest BCUT2D eigenvalue weighted by Gasteiger charge is -2.18. The second kappa shape index (κ2) is 8.05. The predicted molar refractivity (Wildman–Crippen MR) is 68.6 cm³/mol. The molecule has 0 fully saturated rings. The van der Waals surface area contributed by atoms with E-state index in [1.54, 1.807) is 6.92 Å². The highest BCUT2D eigenvalue weighted by atomic mass is 31.2. The maximum absolute atomic E-state index is 11.8. The zero-order chi connectivity index (χ0) is 12.6. The molecule has 2 atom stereocenters. The third-order valence-corrected chi connectivity index (χ3v) is 4.28. The standard InChI is InChI=1S/C12H25O3P/c1-5-7-8-9-10-12(4)16(13,14)15-11(3)6-2/h11H,4-10H2,1-3H3,(H,13,14). The van der Waals surface area contributed by atoms with E-state index in [0.29, 0.717) is 11.7 Å². The number of hydrogen-bond donors (Lipinski definition) is 1. The van der Waals surface area contributed by atoms with Crippen LogP contribution in [0.1, 0.15) is 59.3 Å². The fraction of sp³-hybridized carbons (Fsp3) is 0.833. The van der Waals surface area contributed by atoms with Gasteiger partial charge in [-0.05, 0) is 26.2 Å². The van der Waals surface area contributed by atoms with Crippen LogP contribution in [0.25, 0.3) is 0 Å². The highest BCUT2D eigenvalue weighted by Crippen LogP contribution is 2.53. The fourth-order valence-corrected chi connectivity index (χ4v) is 2.52. The van der Waals surface area contributed by atoms with Crippen molar-refractivity contribution in [2.45, 2.75) is 65.4 Å². The van der Waals surface area contributed by atoms with Gasteiger partial charge in [-0.25, -0.2) is 0 Å². The second-order valence-corrected chi connectivity index (χ2v) is 6.11. The van der Waals surface area contributed by atoms with Crippen molar-refractivity contribution in [3.63, 3.8) is 0 Å². The van der Waals surface area contributed by atoms with Gasteiger partial charge < -0.3 is 9.42 Å². The first-order chi connectivity index (χ1) is 7.44. The van der Waals surface area contributed by atoms with Crippen LogP contribution in [0.3, 0.4) is 0 Å². The Balaban J connectivity index is 4.00. The monoisotopic (exact) mass is 248 g/mol. The van der Waals surface area contributed by atoms with Crippen LogP contribution in [0.5, 0.6) is 0 Å². The van der Waals surface area contributed by atoms with E-state index >= 15 is 0 Å². The van der Waals surface area contributed by atoms with E-state index in [-0.39, 0.29) is 6.10 Å². The van der Waals surface area contributed by atoms with Crippen LogP contribution in [0, 0.1) is 0 Å². The predicted octanol–water partition coefficient (Wildman–Crippen LogP) is 4.47. The van der Waals surface area contributed by atoms with Crippen LogP contribution in [0.15, 0.2) is 11.9 Å². The first-order valence-corrected chi connectivity index (χ1v) is 7.71. The molecule has 0 aromatic rings. The Morgan fingerprint density at radius 3 is 2.50 bits per heavy atom. The van der Waals surface area contributed by atoms with Gasteiger partial charge in [0.1, 0.15) is 0 Å². The van der Waals surface area contributed by atoms with Gasteiger partial charge in [0, 0.05) is 5.31 Å². The molecule has 0 amide bonds. The van der Waals surface area contributed by atoms with Crippen LogP contribution < -0.4 is 0 Å². The minimum Gasteiger partial charge on any atom is -0.321 e. The second-order valence-electron chi connectivity index (χ2n) is 4.22. The topological polar surface area (TPSA) is 46.5 Å². The van der Waals surface area contributed by atoms with Crippen molar-refractivity contribution in [1.82, 2.24) is 0 Å². The Morgan fingerprint density at radius 1 is 1.38 bits per heavy atom. The molecule has 0 radical (unpaired) electrons. The average Bonchev–Trinajstić information content (AvgIpc) is 2.23. The quantitative estimate of drug-likeness (QED) is 0.483. The Labute approximate surface area is 99.4 Å². The van der Waals surface area contributed by atoms with E-state index in [9.17, 15) is 9.46 Å². The smallest absolute Gasteiger partial charge is 0.321 e. The van der Waals surface area contributed by atoms with E-state index in [1.807, 2.05) is 6.92 Å². The van der Waals surface area contributed by atoms with Crippen molar-refractivity contribution < 1.29 is 14.0 Å². The van der Waals surface area contributed by atoms with Gasteiger partial charge in [0.05, 0.1) is 6.10 Å². The van der Waals surface area contributed by atoms with Gasteiger partial charge in [0.2, 0.25) is 0 Å². The molecule has 0 aliphatic rings. The zero-order valence-electron chi connectivity index (χ0n) is 10.7. The van der Waals surface area contributed by atoms with Crippen LogP contribution >= 0.6 is 7.60 Å². The molecule has 0 saturated carbocycles. The van der Waals surface area contributed by atoms with Gasteiger partial charge in [-0.3, -0.25) is 4.57 Å². The highest BCUT2D eigenvalue weighted by molar-refractivity contribution is 7.57. The molecule has 0 aromatic heterocycles. The van der Waals surface area contributed by atoms with Gasteiger partial charge in [0.25, 0.3) is 0 Å². The largest absolute Gasteiger partial charge is 0.354 e. The van der Waals surface area contributed by atoms with Crippen molar-refractivity contribution in [2.75, 3.05) is 0 Å². The SMILES string of the molecule is C=C(CCCCCC)P(=O)(O)OC(C)CC. The lowest BCUT2D eigenvalue weighted by atomic mass is 10.1. The lowest BCUT2D eigenvalue weighted by molar-refractivity contribution is 0.189. The summed E-state index contributed by atoms with van der Waals surface area (Å²) in [7, 11) is -3.60. The number of allylic oxidation sites excluding steroid dienone is 1. The van der Waals surface area contributed by atoms with E-state index in [2.05, 4.69) is 13.5 Å². The summed E-state index contributed by atoms with van der Waals surface area (Å²) in [5.74, 6) is 0. The molecular formula is C12H25O3P. The molecule has 0 spiro atoms. The summed E-state index contributed by atoms with van der Waals surface area (Å²) in [5, 5.41) is 0.351. The molecule has 0 aliphatic heterocycles. The lowest BCUT2D eigenvalue weighted by Crippen LogP contribution is -2.05. The van der Waals surface area contributed by atoms with E-state index < -0.39 is 7.60 Å². The van der Waals surface area contributed by atoms with E-state index in [4.69, 9.17) is 4.52 Å². The Hall–Kier alpha value is -0.110. The normalized spacial score (nSPS) is 16.8. The van der Waals surface area contributed by atoms with Gasteiger partial charge >= 0.3 is 7.60 Å². The molecule has 1 N–H and O–H groups in total. The van der Waals surface area contributed by atoms with Crippen molar-refractivity contribution in [3.05, 3.63) is 11.9 Å². The van der Waals surface area contributed by atoms with Gasteiger partial charge in [-0.1, -0.05) is 39.7 Å². The molecule has 0 aromatic carbocycles. The third-order valence-electron chi connectivity index (χ3n) is 2.62. The molecule has 0 rings (SSSR count). The van der Waals surface area contributed by atoms with E-state index in [1.165, 1.54) is 0 Å². The third kappa shape index (κ3) is 6.47. The Kier molecular flexibility index (Phi) is 8.00. The summed E-state index contributed by atoms with van der Waals surface area (Å²) in [6.07, 6.45) is 5.45. The van der Waals surface area contributed by atoms with Crippen molar-refractivity contribution in [3.8, 4) is 0 Å². The van der Waals surface area contributed by atoms with Gasteiger partial charge in [-0.2, -0.15) is 0 Å². The molecule has 0 aliphatic carbocycles. The summed E-state index contributed by atoms with van der Waals surface area (Å²) >= 11 is 0. The van der Waals surface area contributed by atoms with Crippen molar-refractivity contribution >= 4 is 7.60 Å². The highest BCUT2D eigenvalue weighted by Gasteiger charge is 2.25. The van der Waals surface area contributed by atoms with Gasteiger partial charge in [0.15, 0.2) is 0 Å². The Bertz CT molecular complexity index is 251. The van der Waals surface area contributed by atoms with E-state index in [0.717, 1.165) is 32.1 Å². The number of rotatable bonds is 9. The maximum atomic E-state index is 11.8. The summed E-state index contributed by atoms with van der Waals surface area (Å²) < 4.78 is 16.9. The number of hydrogen-bond acceptors (Lipinski definition) is 2. The number of unbranched alkanes of at least 4 members (excludes halogenated alkanes) is 3. The summed E-state index contributed by atoms with van der Waals surface area (Å²) in [6.45, 7) is 9.53. The van der Waals surface area contributed by atoms with Crippen LogP contribution in [-0.4, -0.2) is 11.0 Å². The van der Waals surface area contributed by atoms with Gasteiger partial charge in [-0.15, -0.1) is 0 Å². The minimum absolute atomic E-state index is 0.191.